The van der Waals surface area contributed by atoms with E-state index in [9.17, 15) is 58.5 Å². The number of aliphatic carboxylic acids is 5. The van der Waals surface area contributed by atoms with Crippen LogP contribution in [0, 0.1) is 0 Å². The molecule has 1 heterocycles. The minimum Gasteiger partial charge on any atom is -0.480 e. The zero-order valence-corrected chi connectivity index (χ0v) is 26.2. The lowest BCUT2D eigenvalue weighted by molar-refractivity contribution is -0.144. The lowest BCUT2D eigenvalue weighted by Crippen LogP contribution is -2.51. The molecule has 2 rings (SSSR count). The zero-order chi connectivity index (χ0) is 36.7. The molecule has 19 heteroatoms. The molecule has 1 aromatic carbocycles. The Labute approximate surface area is 279 Å². The first-order valence-electron chi connectivity index (χ1n) is 14.7. The molecule has 0 aliphatic carbocycles. The molecule has 266 valence electrons. The third kappa shape index (κ3) is 15.3. The minimum absolute atomic E-state index is 0.0255. The van der Waals surface area contributed by atoms with Gasteiger partial charge in [0.05, 0.1) is 39.3 Å². The average molecular weight is 692 g/mol. The predicted octanol–water partition coefficient (Wildman–Crippen LogP) is -2.92. The van der Waals surface area contributed by atoms with E-state index in [1.54, 1.807) is 24.3 Å². The van der Waals surface area contributed by atoms with E-state index in [0.29, 0.717) is 16.0 Å². The van der Waals surface area contributed by atoms with Crippen molar-refractivity contribution in [3.63, 3.8) is 0 Å². The highest BCUT2D eigenvalue weighted by Crippen LogP contribution is 2.14. The molecule has 0 spiro atoms. The van der Waals surface area contributed by atoms with Gasteiger partial charge in [-0.1, -0.05) is 24.3 Å². The predicted molar refractivity (Wildman–Crippen MR) is 164 cm³/mol. The number of carbonyl (C=O) groups excluding carboxylic acids is 4. The second-order valence-corrected chi connectivity index (χ2v) is 11.1. The van der Waals surface area contributed by atoms with Crippen molar-refractivity contribution in [1.29, 1.82) is 0 Å². The van der Waals surface area contributed by atoms with Crippen LogP contribution in [0.1, 0.15) is 11.1 Å². The molecule has 49 heavy (non-hydrogen) atoms. The molecule has 1 aliphatic heterocycles. The van der Waals surface area contributed by atoms with Crippen LogP contribution in [-0.2, 0) is 56.0 Å². The standard InChI is InChI=1S/C30H37N5O14/c36-22(11-31-23(37)13-35-24(38)5-6-25(35)39)10-20-3-1-19(2-4-20)9-21(34(17-29(46)47)18-30(48)49)12-32(14-26(40)41)7-8-33(15-27(42)43)16-28(44)45/h1-6,21H,7-18H2,(H,31,37)(H,40,41)(H,42,43)(H,44,45)(H,46,47)(H,48,49)/t21-/m1/s1. The van der Waals surface area contributed by atoms with Crippen LogP contribution in [0.5, 0.6) is 0 Å². The van der Waals surface area contributed by atoms with E-state index in [1.165, 1.54) is 4.90 Å². The van der Waals surface area contributed by atoms with E-state index in [0.717, 1.165) is 22.0 Å². The monoisotopic (exact) mass is 691 g/mol. The number of carboxylic acid groups (broad SMARTS) is 5. The Balaban J connectivity index is 2.15. The number of amides is 3. The summed E-state index contributed by atoms with van der Waals surface area (Å²) in [6.07, 6.45) is 1.97. The van der Waals surface area contributed by atoms with Gasteiger partial charge in [-0.3, -0.25) is 62.8 Å². The fourth-order valence-corrected chi connectivity index (χ4v) is 4.91. The van der Waals surface area contributed by atoms with Crippen molar-refractivity contribution in [2.45, 2.75) is 18.9 Å². The van der Waals surface area contributed by atoms with Crippen molar-refractivity contribution in [3.05, 3.63) is 47.5 Å². The lowest BCUT2D eigenvalue weighted by atomic mass is 10.0. The van der Waals surface area contributed by atoms with Crippen molar-refractivity contribution in [2.75, 3.05) is 65.4 Å². The summed E-state index contributed by atoms with van der Waals surface area (Å²) in [5.74, 6) is -8.98. The summed E-state index contributed by atoms with van der Waals surface area (Å²) in [6, 6.07) is 5.49. The summed E-state index contributed by atoms with van der Waals surface area (Å²) >= 11 is 0. The van der Waals surface area contributed by atoms with Crippen molar-refractivity contribution in [1.82, 2.24) is 24.9 Å². The molecule has 0 saturated heterocycles. The fourth-order valence-electron chi connectivity index (χ4n) is 4.91. The summed E-state index contributed by atoms with van der Waals surface area (Å²) < 4.78 is 0. The smallest absolute Gasteiger partial charge is 0.317 e. The van der Waals surface area contributed by atoms with Crippen molar-refractivity contribution >= 4 is 53.4 Å². The van der Waals surface area contributed by atoms with E-state index in [1.807, 2.05) is 0 Å². The van der Waals surface area contributed by atoms with Crippen LogP contribution in [0.25, 0.3) is 0 Å². The zero-order valence-electron chi connectivity index (χ0n) is 26.2. The van der Waals surface area contributed by atoms with Crippen LogP contribution < -0.4 is 5.32 Å². The molecule has 1 atom stereocenters. The molecule has 1 aliphatic rings. The van der Waals surface area contributed by atoms with Gasteiger partial charge in [-0.25, -0.2) is 0 Å². The normalized spacial score (nSPS) is 13.2. The highest BCUT2D eigenvalue weighted by molar-refractivity contribution is 6.14. The van der Waals surface area contributed by atoms with Gasteiger partial charge in [0.15, 0.2) is 5.78 Å². The molecule has 0 saturated carbocycles. The van der Waals surface area contributed by atoms with Crippen LogP contribution in [0.4, 0.5) is 0 Å². The molecule has 0 bridgehead atoms. The van der Waals surface area contributed by atoms with Gasteiger partial charge in [-0.2, -0.15) is 0 Å². The molecule has 1 aromatic rings. The maximum atomic E-state index is 12.5. The fraction of sp³-hybridized carbons (Fsp3) is 0.433. The van der Waals surface area contributed by atoms with Crippen molar-refractivity contribution in [2.24, 2.45) is 0 Å². The van der Waals surface area contributed by atoms with Crippen LogP contribution in [0.3, 0.4) is 0 Å². The number of hydrogen-bond donors (Lipinski definition) is 6. The van der Waals surface area contributed by atoms with Gasteiger partial charge in [0.1, 0.15) is 6.54 Å². The first-order chi connectivity index (χ1) is 23.0. The van der Waals surface area contributed by atoms with Crippen molar-refractivity contribution < 1.29 is 68.7 Å². The lowest BCUT2D eigenvalue weighted by Gasteiger charge is -2.34. The number of rotatable bonds is 24. The van der Waals surface area contributed by atoms with Gasteiger partial charge in [-0.05, 0) is 17.5 Å². The number of nitrogens with one attached hydrogen (secondary N) is 1. The Hall–Kier alpha value is -5.53. The minimum atomic E-state index is -1.35. The highest BCUT2D eigenvalue weighted by atomic mass is 16.4. The Morgan fingerprint density at radius 3 is 1.59 bits per heavy atom. The van der Waals surface area contributed by atoms with Crippen LogP contribution in [0.2, 0.25) is 0 Å². The number of nitrogens with zero attached hydrogens (tertiary/aromatic N) is 4. The van der Waals surface area contributed by atoms with Gasteiger partial charge < -0.3 is 30.8 Å². The van der Waals surface area contributed by atoms with E-state index in [4.69, 9.17) is 10.2 Å². The molecule has 0 unspecified atom stereocenters. The van der Waals surface area contributed by atoms with Crippen LogP contribution in [-0.4, -0.2) is 170 Å². The largest absolute Gasteiger partial charge is 0.480 e. The van der Waals surface area contributed by atoms with Crippen LogP contribution in [0.15, 0.2) is 36.4 Å². The number of ketones is 1. The second-order valence-electron chi connectivity index (χ2n) is 11.1. The van der Waals surface area contributed by atoms with Crippen LogP contribution >= 0.6 is 0 Å². The molecular weight excluding hydrogens is 654 g/mol. The summed E-state index contributed by atoms with van der Waals surface area (Å²) in [5, 5.41) is 49.0. The molecular formula is C30H37N5O14. The quantitative estimate of drug-likeness (QED) is 0.0592. The summed E-state index contributed by atoms with van der Waals surface area (Å²) in [6.45, 7) is -4.72. The Bertz CT molecular complexity index is 1410. The Morgan fingerprint density at radius 1 is 0.653 bits per heavy atom. The van der Waals surface area contributed by atoms with Crippen molar-refractivity contribution in [3.8, 4) is 0 Å². The third-order valence-electron chi connectivity index (χ3n) is 7.05. The first kappa shape index (κ1) is 39.6. The number of hydrogen-bond acceptors (Lipinski definition) is 12. The van der Waals surface area contributed by atoms with Gasteiger partial charge in [-0.15, -0.1) is 0 Å². The number of benzene rings is 1. The third-order valence-corrected chi connectivity index (χ3v) is 7.05. The van der Waals surface area contributed by atoms with E-state index >= 15 is 0 Å². The molecule has 6 N–H and O–H groups in total. The summed E-state index contributed by atoms with van der Waals surface area (Å²) in [5.41, 5.74) is 1.10. The average Bonchev–Trinajstić information content (AvgIpc) is 3.29. The van der Waals surface area contributed by atoms with Gasteiger partial charge in [0.25, 0.3) is 11.8 Å². The van der Waals surface area contributed by atoms with Gasteiger partial charge in [0, 0.05) is 44.2 Å². The Kier molecular flexibility index (Phi) is 15.6. The number of carboxylic acids is 5. The van der Waals surface area contributed by atoms with E-state index < -0.39 is 98.7 Å². The summed E-state index contributed by atoms with van der Waals surface area (Å²) in [4.78, 5) is 109. The molecule has 3 amide bonds. The number of carbonyl (C=O) groups is 9. The topological polar surface area (TPSA) is 280 Å². The highest BCUT2D eigenvalue weighted by Gasteiger charge is 2.28. The second kappa shape index (κ2) is 19.3. The Morgan fingerprint density at radius 2 is 1.10 bits per heavy atom. The van der Waals surface area contributed by atoms with E-state index in [2.05, 4.69) is 5.32 Å². The molecule has 19 nitrogen and oxygen atoms in total. The number of imide groups is 1. The molecule has 0 aromatic heterocycles. The number of Topliss-reactive ketones (excluding diaryl/α,β-unsaturated/α-hetero) is 1. The SMILES string of the molecule is O=C(O)CN(CCN(CC(=O)O)C[C@@H](Cc1ccc(CC(=O)CNC(=O)CN2C(=O)C=CC2=O)cc1)N(CC(=O)O)CC(=O)O)CC(=O)O. The maximum Gasteiger partial charge on any atom is 0.317 e. The molecule has 0 fully saturated rings. The molecule has 0 radical (unpaired) electrons. The van der Waals surface area contributed by atoms with Gasteiger partial charge >= 0.3 is 29.8 Å². The maximum absolute atomic E-state index is 12.5. The summed E-state index contributed by atoms with van der Waals surface area (Å²) in [7, 11) is 0. The van der Waals surface area contributed by atoms with Gasteiger partial charge in [0.2, 0.25) is 5.91 Å². The first-order valence-corrected chi connectivity index (χ1v) is 14.7. The van der Waals surface area contributed by atoms with E-state index in [-0.39, 0.29) is 39.0 Å².